The number of carbonyl (C=O) groups excluding carboxylic acids is 2. The average Bonchev–Trinajstić information content (AvgIpc) is 3.46. The molecule has 2 N–H and O–H groups in total. The summed E-state index contributed by atoms with van der Waals surface area (Å²) in [7, 11) is 1.29. The maximum absolute atomic E-state index is 12.9. The molecule has 11 heteroatoms. The maximum Gasteiger partial charge on any atom is 0.416 e. The third-order valence-corrected chi connectivity index (χ3v) is 6.54. The number of nitrogens with one attached hydrogen (secondary N) is 2. The lowest BCUT2D eigenvalue weighted by Crippen LogP contribution is -2.26. The molecule has 0 saturated heterocycles. The predicted octanol–water partition coefficient (Wildman–Crippen LogP) is 5.19. The van der Waals surface area contributed by atoms with Crippen LogP contribution in [-0.2, 0) is 15.7 Å². The van der Waals surface area contributed by atoms with E-state index in [1.54, 1.807) is 24.5 Å². The van der Waals surface area contributed by atoms with E-state index in [1.165, 1.54) is 25.4 Å². The molecule has 1 fully saturated rings. The lowest BCUT2D eigenvalue weighted by molar-refractivity contribution is -0.140. The van der Waals surface area contributed by atoms with Crippen LogP contribution in [0.15, 0.2) is 55.0 Å². The molecule has 1 amide bonds. The van der Waals surface area contributed by atoms with Gasteiger partial charge >= 0.3 is 12.1 Å². The summed E-state index contributed by atoms with van der Waals surface area (Å²) in [4.78, 5) is 36.7. The quantitative estimate of drug-likeness (QED) is 0.369. The number of amides is 1. The molecule has 2 heterocycles. The molecular weight excluding hydrogens is 499 g/mol. The fourth-order valence-electron chi connectivity index (χ4n) is 4.48. The Balaban J connectivity index is 1.45. The summed E-state index contributed by atoms with van der Waals surface area (Å²) in [5.41, 5.74) is 0.985. The zero-order chi connectivity index (χ0) is 27.1. The van der Waals surface area contributed by atoms with Crippen molar-refractivity contribution in [3.8, 4) is 11.4 Å². The van der Waals surface area contributed by atoms with Gasteiger partial charge in [0.15, 0.2) is 5.82 Å². The smallest absolute Gasteiger partial charge is 0.416 e. The summed E-state index contributed by atoms with van der Waals surface area (Å²) in [6.07, 6.45) is 4.82. The van der Waals surface area contributed by atoms with E-state index in [0.717, 1.165) is 43.4 Å². The van der Waals surface area contributed by atoms with Crippen molar-refractivity contribution >= 4 is 17.7 Å². The molecule has 200 valence electrons. The number of halogens is 3. The topological polar surface area (TPSA) is 106 Å². The van der Waals surface area contributed by atoms with Crippen LogP contribution in [0.1, 0.15) is 59.6 Å². The van der Waals surface area contributed by atoms with E-state index in [0.29, 0.717) is 28.7 Å². The first-order chi connectivity index (χ1) is 18.2. The Morgan fingerprint density at radius 3 is 2.26 bits per heavy atom. The summed E-state index contributed by atoms with van der Waals surface area (Å²) in [5.74, 6) is 0.511. The molecule has 0 bridgehead atoms. The Morgan fingerprint density at radius 1 is 1.00 bits per heavy atom. The molecule has 1 aromatic carbocycles. The highest BCUT2D eigenvalue weighted by atomic mass is 19.4. The molecule has 4 rings (SSSR count). The highest BCUT2D eigenvalue weighted by molar-refractivity contribution is 5.94. The number of aromatic nitrogens is 3. The molecular formula is C27H28F3N5O3. The number of nitrogens with zero attached hydrogens (tertiary/aromatic N) is 3. The van der Waals surface area contributed by atoms with E-state index >= 15 is 0 Å². The number of methoxy groups -OCH3 is 1. The number of pyridine rings is 1. The van der Waals surface area contributed by atoms with Gasteiger partial charge in [-0.05, 0) is 43.0 Å². The second-order valence-corrected chi connectivity index (χ2v) is 9.10. The van der Waals surface area contributed by atoms with Crippen molar-refractivity contribution in [3.05, 3.63) is 71.7 Å². The van der Waals surface area contributed by atoms with E-state index in [4.69, 9.17) is 0 Å². The van der Waals surface area contributed by atoms with Crippen molar-refractivity contribution in [2.45, 2.75) is 44.3 Å². The summed E-state index contributed by atoms with van der Waals surface area (Å²) in [6, 6.07) is 8.01. The van der Waals surface area contributed by atoms with Crippen molar-refractivity contribution in [1.82, 2.24) is 20.3 Å². The van der Waals surface area contributed by atoms with Crippen LogP contribution in [0.4, 0.5) is 19.0 Å². The molecule has 38 heavy (non-hydrogen) atoms. The Hall–Kier alpha value is -4.02. The molecule has 1 aliphatic carbocycles. The van der Waals surface area contributed by atoms with Crippen LogP contribution in [0, 0.1) is 5.92 Å². The molecule has 0 aliphatic heterocycles. The number of carbonyl (C=O) groups is 2. The first-order valence-corrected chi connectivity index (χ1v) is 12.3. The van der Waals surface area contributed by atoms with Crippen LogP contribution in [0.3, 0.4) is 0 Å². The fraction of sp³-hybridized carbons (Fsp3) is 0.370. The van der Waals surface area contributed by atoms with Crippen molar-refractivity contribution in [2.75, 3.05) is 19.0 Å². The second kappa shape index (κ2) is 12.0. The first-order valence-electron chi connectivity index (χ1n) is 12.3. The van der Waals surface area contributed by atoms with Gasteiger partial charge in [-0.15, -0.1) is 0 Å². The minimum Gasteiger partial charge on any atom is -0.469 e. The van der Waals surface area contributed by atoms with Crippen molar-refractivity contribution in [2.24, 2.45) is 5.92 Å². The molecule has 0 spiro atoms. The molecule has 8 nitrogen and oxygen atoms in total. The van der Waals surface area contributed by atoms with Gasteiger partial charge in [0.1, 0.15) is 5.82 Å². The van der Waals surface area contributed by atoms with Gasteiger partial charge in [-0.25, -0.2) is 15.0 Å². The van der Waals surface area contributed by atoms with Gasteiger partial charge in [0, 0.05) is 36.3 Å². The Bertz CT molecular complexity index is 1230. The largest absolute Gasteiger partial charge is 0.469 e. The van der Waals surface area contributed by atoms with Gasteiger partial charge in [0.25, 0.3) is 5.91 Å². The maximum atomic E-state index is 12.9. The van der Waals surface area contributed by atoms with Crippen LogP contribution >= 0.6 is 0 Å². The second-order valence-electron chi connectivity index (χ2n) is 9.10. The van der Waals surface area contributed by atoms with E-state index < -0.39 is 17.7 Å². The van der Waals surface area contributed by atoms with E-state index in [2.05, 4.69) is 30.3 Å². The minimum atomic E-state index is -4.40. The van der Waals surface area contributed by atoms with Crippen molar-refractivity contribution < 1.29 is 27.5 Å². The van der Waals surface area contributed by atoms with Crippen LogP contribution < -0.4 is 10.6 Å². The molecule has 1 atom stereocenters. The van der Waals surface area contributed by atoms with E-state index in [1.807, 2.05) is 0 Å². The van der Waals surface area contributed by atoms with Crippen molar-refractivity contribution in [1.29, 1.82) is 0 Å². The highest BCUT2D eigenvalue weighted by Crippen LogP contribution is 2.37. The van der Waals surface area contributed by atoms with Gasteiger partial charge in [-0.3, -0.25) is 9.59 Å². The number of hydrogen-bond donors (Lipinski definition) is 2. The summed E-state index contributed by atoms with van der Waals surface area (Å²) in [5, 5.41) is 6.10. The number of alkyl halides is 3. The zero-order valence-corrected chi connectivity index (χ0v) is 20.8. The average molecular weight is 528 g/mol. The zero-order valence-electron chi connectivity index (χ0n) is 20.8. The lowest BCUT2D eigenvalue weighted by Gasteiger charge is -2.25. The summed E-state index contributed by atoms with van der Waals surface area (Å²) < 4.78 is 43.1. The molecule has 1 saturated carbocycles. The molecule has 0 unspecified atom stereocenters. The molecule has 3 aromatic rings. The monoisotopic (exact) mass is 527 g/mol. The fourth-order valence-corrected chi connectivity index (χ4v) is 4.48. The van der Waals surface area contributed by atoms with Crippen LogP contribution in [0.25, 0.3) is 11.4 Å². The van der Waals surface area contributed by atoms with E-state index in [-0.39, 0.29) is 24.9 Å². The molecule has 1 aliphatic rings. The van der Waals surface area contributed by atoms with Gasteiger partial charge in [0.05, 0.1) is 30.7 Å². The number of rotatable bonds is 9. The normalized spacial score (nSPS) is 14.6. The third-order valence-electron chi connectivity index (χ3n) is 6.54. The molecule has 2 aromatic heterocycles. The van der Waals surface area contributed by atoms with Gasteiger partial charge in [-0.2, -0.15) is 13.2 Å². The number of anilines is 1. The van der Waals surface area contributed by atoms with Crippen LogP contribution in [0.2, 0.25) is 0 Å². The van der Waals surface area contributed by atoms with Crippen molar-refractivity contribution in [3.63, 3.8) is 0 Å². The first kappa shape index (κ1) is 27.0. The predicted molar refractivity (Wildman–Crippen MR) is 134 cm³/mol. The van der Waals surface area contributed by atoms with E-state index in [9.17, 15) is 22.8 Å². The third kappa shape index (κ3) is 6.84. The van der Waals surface area contributed by atoms with Crippen LogP contribution in [-0.4, -0.2) is 40.5 Å². The van der Waals surface area contributed by atoms with Crippen LogP contribution in [0.5, 0.6) is 0 Å². The molecule has 0 radical (unpaired) electrons. The number of benzene rings is 1. The number of ether oxygens (including phenoxy) is 1. The minimum absolute atomic E-state index is 0.0815. The summed E-state index contributed by atoms with van der Waals surface area (Å²) in [6.45, 7) is 0.164. The van der Waals surface area contributed by atoms with Gasteiger partial charge < -0.3 is 15.4 Å². The number of hydrogen-bond acceptors (Lipinski definition) is 7. The highest BCUT2D eigenvalue weighted by Gasteiger charge is 2.30. The van der Waals surface area contributed by atoms with Gasteiger partial charge in [0.2, 0.25) is 0 Å². The Labute approximate surface area is 218 Å². The standard InChI is InChI=1S/C27H28F3N5O3/c1-38-23(36)12-13-31-26(37)19-8-11-22(32-14-19)35-24(17-4-2-3-5-17)20-15-33-25(34-16-20)18-6-9-21(10-7-18)27(28,29)30/h6-11,14-17,24H,2-5,12-13H2,1H3,(H,31,37)(H,32,35)/t24-/m1/s1. The Morgan fingerprint density at radius 2 is 1.68 bits per heavy atom. The summed E-state index contributed by atoms with van der Waals surface area (Å²) >= 11 is 0. The number of esters is 1. The SMILES string of the molecule is COC(=O)CCNC(=O)c1ccc(N[C@@H](c2cnc(-c3ccc(C(F)(F)F)cc3)nc2)C2CCCC2)nc1. The Kier molecular flexibility index (Phi) is 8.55. The van der Waals surface area contributed by atoms with Gasteiger partial charge in [-0.1, -0.05) is 25.0 Å². The lowest BCUT2D eigenvalue weighted by atomic mass is 9.93.